The molecule has 0 bridgehead atoms. The van der Waals surface area contributed by atoms with Gasteiger partial charge in [-0.25, -0.2) is 14.5 Å². The molecule has 1 aromatic carbocycles. The predicted molar refractivity (Wildman–Crippen MR) is 86.3 cm³/mol. The van der Waals surface area contributed by atoms with Gasteiger partial charge in [-0.3, -0.25) is 0 Å². The summed E-state index contributed by atoms with van der Waals surface area (Å²) >= 11 is 0. The third kappa shape index (κ3) is 2.36. The van der Waals surface area contributed by atoms with Crippen LogP contribution >= 0.6 is 0 Å². The minimum absolute atomic E-state index is 0.524. The molecule has 112 valence electrons. The summed E-state index contributed by atoms with van der Waals surface area (Å²) in [6.45, 7) is 2.03. The summed E-state index contributed by atoms with van der Waals surface area (Å²) in [6, 6.07) is 14.9. The van der Waals surface area contributed by atoms with Gasteiger partial charge in [0.25, 0.3) is 0 Å². The molecule has 0 aliphatic carbocycles. The quantitative estimate of drug-likeness (QED) is 0.527. The SMILES string of the molecule is Cc1cccc(-c2nc3cccnn3c2-c2ccnc(F)c2)c1. The minimum atomic E-state index is -0.524. The first-order valence-electron chi connectivity index (χ1n) is 7.25. The molecule has 4 nitrogen and oxygen atoms in total. The molecule has 0 saturated heterocycles. The Morgan fingerprint density at radius 3 is 2.70 bits per heavy atom. The Hall–Kier alpha value is -3.08. The van der Waals surface area contributed by atoms with Crippen LogP contribution in [0.4, 0.5) is 4.39 Å². The lowest BCUT2D eigenvalue weighted by Crippen LogP contribution is -1.95. The van der Waals surface area contributed by atoms with Crippen molar-refractivity contribution in [2.75, 3.05) is 0 Å². The summed E-state index contributed by atoms with van der Waals surface area (Å²) in [5.41, 5.74) is 5.06. The third-order valence-corrected chi connectivity index (χ3v) is 3.68. The van der Waals surface area contributed by atoms with Gasteiger partial charge in [0.1, 0.15) is 5.69 Å². The van der Waals surface area contributed by atoms with Crippen LogP contribution in [0.2, 0.25) is 0 Å². The molecular formula is C18H13FN4. The highest BCUT2D eigenvalue weighted by Crippen LogP contribution is 2.32. The highest BCUT2D eigenvalue weighted by atomic mass is 19.1. The first-order chi connectivity index (χ1) is 11.2. The van der Waals surface area contributed by atoms with E-state index in [1.165, 1.54) is 12.3 Å². The number of rotatable bonds is 2. The number of halogens is 1. The van der Waals surface area contributed by atoms with Crippen LogP contribution in [0.3, 0.4) is 0 Å². The highest BCUT2D eigenvalue weighted by molar-refractivity contribution is 5.81. The molecule has 0 unspecified atom stereocenters. The number of aromatic nitrogens is 4. The Morgan fingerprint density at radius 2 is 1.87 bits per heavy atom. The van der Waals surface area contributed by atoms with Crippen molar-refractivity contribution >= 4 is 5.65 Å². The van der Waals surface area contributed by atoms with E-state index in [2.05, 4.69) is 21.1 Å². The smallest absolute Gasteiger partial charge is 0.213 e. The molecule has 0 spiro atoms. The maximum Gasteiger partial charge on any atom is 0.213 e. The van der Waals surface area contributed by atoms with Gasteiger partial charge in [0.2, 0.25) is 5.95 Å². The first-order valence-corrected chi connectivity index (χ1v) is 7.25. The van der Waals surface area contributed by atoms with E-state index in [9.17, 15) is 4.39 Å². The van der Waals surface area contributed by atoms with E-state index in [0.29, 0.717) is 5.56 Å². The van der Waals surface area contributed by atoms with E-state index in [-0.39, 0.29) is 0 Å². The molecule has 3 heterocycles. The van der Waals surface area contributed by atoms with E-state index >= 15 is 0 Å². The normalized spacial score (nSPS) is 11.0. The number of aryl methyl sites for hydroxylation is 1. The molecule has 0 N–H and O–H groups in total. The van der Waals surface area contributed by atoms with Gasteiger partial charge >= 0.3 is 0 Å². The molecule has 4 rings (SSSR count). The Balaban J connectivity index is 2.06. The molecule has 0 saturated carbocycles. The first kappa shape index (κ1) is 13.6. The van der Waals surface area contributed by atoms with Crippen molar-refractivity contribution in [3.63, 3.8) is 0 Å². The maximum atomic E-state index is 13.6. The van der Waals surface area contributed by atoms with Gasteiger partial charge in [-0.15, -0.1) is 0 Å². The highest BCUT2D eigenvalue weighted by Gasteiger charge is 2.17. The number of hydrogen-bond acceptors (Lipinski definition) is 3. The molecule has 5 heteroatoms. The largest absolute Gasteiger partial charge is 0.228 e. The number of pyridine rings is 1. The van der Waals surface area contributed by atoms with Crippen LogP contribution in [0.5, 0.6) is 0 Å². The fourth-order valence-corrected chi connectivity index (χ4v) is 2.69. The zero-order valence-corrected chi connectivity index (χ0v) is 12.4. The number of nitrogens with zero attached hydrogens (tertiary/aromatic N) is 4. The Kier molecular flexibility index (Phi) is 3.12. The molecule has 0 aliphatic heterocycles. The summed E-state index contributed by atoms with van der Waals surface area (Å²) < 4.78 is 15.3. The van der Waals surface area contributed by atoms with Crippen molar-refractivity contribution in [2.24, 2.45) is 0 Å². The minimum Gasteiger partial charge on any atom is -0.228 e. The zero-order valence-electron chi connectivity index (χ0n) is 12.4. The summed E-state index contributed by atoms with van der Waals surface area (Å²) in [6.07, 6.45) is 3.14. The van der Waals surface area contributed by atoms with Crippen LogP contribution in [-0.2, 0) is 0 Å². The third-order valence-electron chi connectivity index (χ3n) is 3.68. The lowest BCUT2D eigenvalue weighted by atomic mass is 10.0. The van der Waals surface area contributed by atoms with Crippen molar-refractivity contribution in [3.05, 3.63) is 72.4 Å². The second-order valence-corrected chi connectivity index (χ2v) is 5.34. The van der Waals surface area contributed by atoms with Crippen LogP contribution in [0.15, 0.2) is 60.9 Å². The lowest BCUT2D eigenvalue weighted by molar-refractivity contribution is 0.584. The van der Waals surface area contributed by atoms with Crippen molar-refractivity contribution in [1.82, 2.24) is 19.6 Å². The van der Waals surface area contributed by atoms with Gasteiger partial charge in [0.15, 0.2) is 5.65 Å². The molecular weight excluding hydrogens is 291 g/mol. The van der Waals surface area contributed by atoms with Crippen LogP contribution in [0.1, 0.15) is 5.56 Å². The second-order valence-electron chi connectivity index (χ2n) is 5.34. The van der Waals surface area contributed by atoms with Crippen molar-refractivity contribution in [1.29, 1.82) is 0 Å². The molecule has 0 amide bonds. The number of fused-ring (bicyclic) bond motifs is 1. The van der Waals surface area contributed by atoms with Gasteiger partial charge in [-0.2, -0.15) is 9.49 Å². The van der Waals surface area contributed by atoms with Crippen molar-refractivity contribution in [3.8, 4) is 22.5 Å². The fraction of sp³-hybridized carbons (Fsp3) is 0.0556. The molecule has 0 atom stereocenters. The summed E-state index contributed by atoms with van der Waals surface area (Å²) in [5.74, 6) is -0.524. The van der Waals surface area contributed by atoms with Crippen molar-refractivity contribution < 1.29 is 4.39 Å². The Bertz CT molecular complexity index is 1010. The maximum absolute atomic E-state index is 13.6. The van der Waals surface area contributed by atoms with Crippen LogP contribution in [0, 0.1) is 12.9 Å². The van der Waals surface area contributed by atoms with E-state index in [1.807, 2.05) is 37.3 Å². The van der Waals surface area contributed by atoms with Crippen LogP contribution in [-0.4, -0.2) is 19.6 Å². The molecule has 23 heavy (non-hydrogen) atoms. The summed E-state index contributed by atoms with van der Waals surface area (Å²) in [5, 5.41) is 4.37. The Labute approximate surface area is 132 Å². The summed E-state index contributed by atoms with van der Waals surface area (Å²) in [7, 11) is 0. The average Bonchev–Trinajstić information content (AvgIpc) is 2.94. The Morgan fingerprint density at radius 1 is 0.957 bits per heavy atom. The number of imidazole rings is 1. The van der Waals surface area contributed by atoms with Crippen LogP contribution < -0.4 is 0 Å². The zero-order chi connectivity index (χ0) is 15.8. The van der Waals surface area contributed by atoms with Gasteiger partial charge in [0, 0.05) is 29.6 Å². The molecule has 0 fully saturated rings. The van der Waals surface area contributed by atoms with Gasteiger partial charge < -0.3 is 0 Å². The molecule has 3 aromatic heterocycles. The van der Waals surface area contributed by atoms with Crippen molar-refractivity contribution in [2.45, 2.75) is 6.92 Å². The second kappa shape index (κ2) is 5.28. The van der Waals surface area contributed by atoms with E-state index in [0.717, 1.165) is 28.2 Å². The predicted octanol–water partition coefficient (Wildman–Crippen LogP) is 3.91. The van der Waals surface area contributed by atoms with Gasteiger partial charge in [-0.1, -0.05) is 23.8 Å². The number of hydrogen-bond donors (Lipinski definition) is 0. The fourth-order valence-electron chi connectivity index (χ4n) is 2.69. The number of benzene rings is 1. The van der Waals surface area contributed by atoms with E-state index in [1.54, 1.807) is 16.8 Å². The molecule has 0 aliphatic rings. The van der Waals surface area contributed by atoms with E-state index in [4.69, 9.17) is 0 Å². The van der Waals surface area contributed by atoms with Gasteiger partial charge in [-0.05, 0) is 31.2 Å². The average molecular weight is 304 g/mol. The molecule has 4 aromatic rings. The summed E-state index contributed by atoms with van der Waals surface area (Å²) in [4.78, 5) is 8.32. The van der Waals surface area contributed by atoms with Crippen LogP contribution in [0.25, 0.3) is 28.2 Å². The molecule has 0 radical (unpaired) electrons. The topological polar surface area (TPSA) is 43.1 Å². The standard InChI is InChI=1S/C18H13FN4/c1-12-4-2-5-13(10-12)17-18(14-7-9-20-15(19)11-14)23-16(22-17)6-3-8-21-23/h2-11H,1H3. The monoisotopic (exact) mass is 304 g/mol. The lowest BCUT2D eigenvalue weighted by Gasteiger charge is -2.05. The van der Waals surface area contributed by atoms with Gasteiger partial charge in [0.05, 0.1) is 5.69 Å². The van der Waals surface area contributed by atoms with E-state index < -0.39 is 5.95 Å².